The van der Waals surface area contributed by atoms with Gasteiger partial charge in [-0.3, -0.25) is 9.59 Å². The highest BCUT2D eigenvalue weighted by atomic mass is 35.5. The van der Waals surface area contributed by atoms with Crippen LogP contribution >= 0.6 is 23.4 Å². The van der Waals surface area contributed by atoms with E-state index >= 15 is 0 Å². The van der Waals surface area contributed by atoms with Crippen LogP contribution in [-0.4, -0.2) is 29.9 Å². The van der Waals surface area contributed by atoms with Crippen LogP contribution in [0, 0.1) is 6.92 Å². The number of carbonyl (C=O) groups excluding carboxylic acids is 2. The maximum atomic E-state index is 12.9. The first-order chi connectivity index (χ1) is 16.0. The number of thioether (sulfide) groups is 1. The predicted octanol–water partition coefficient (Wildman–Crippen LogP) is 6.93. The third kappa shape index (κ3) is 6.98. The third-order valence-corrected chi connectivity index (χ3v) is 6.06. The van der Waals surface area contributed by atoms with Crippen molar-refractivity contribution in [1.82, 2.24) is 0 Å². The van der Waals surface area contributed by atoms with Crippen LogP contribution < -0.4 is 5.32 Å². The molecule has 170 valence electrons. The van der Waals surface area contributed by atoms with Crippen LogP contribution in [0.2, 0.25) is 5.02 Å². The summed E-state index contributed by atoms with van der Waals surface area (Å²) in [6, 6.07) is 20.8. The fourth-order valence-electron chi connectivity index (χ4n) is 3.25. The van der Waals surface area contributed by atoms with Crippen molar-refractivity contribution in [2.45, 2.75) is 13.8 Å². The first kappa shape index (κ1) is 24.6. The molecular formula is C27H26ClNO3S. The predicted molar refractivity (Wildman–Crippen MR) is 139 cm³/mol. The summed E-state index contributed by atoms with van der Waals surface area (Å²) in [7, 11) is 0. The monoisotopic (exact) mass is 479 g/mol. The summed E-state index contributed by atoms with van der Waals surface area (Å²) in [4.78, 5) is 24.3. The molecule has 0 heterocycles. The van der Waals surface area contributed by atoms with E-state index in [4.69, 9.17) is 16.3 Å². The van der Waals surface area contributed by atoms with Gasteiger partial charge in [-0.2, -0.15) is 0 Å². The summed E-state index contributed by atoms with van der Waals surface area (Å²) in [6.45, 7) is 4.12. The van der Waals surface area contributed by atoms with Crippen molar-refractivity contribution in [3.63, 3.8) is 0 Å². The van der Waals surface area contributed by atoms with Crippen molar-refractivity contribution in [3.8, 4) is 0 Å². The molecule has 0 fully saturated rings. The highest BCUT2D eigenvalue weighted by Gasteiger charge is 2.15. The van der Waals surface area contributed by atoms with Gasteiger partial charge in [-0.1, -0.05) is 66.2 Å². The van der Waals surface area contributed by atoms with E-state index in [1.54, 1.807) is 19.1 Å². The number of hydrogen-bond acceptors (Lipinski definition) is 5. The number of halogens is 1. The van der Waals surface area contributed by atoms with Gasteiger partial charge in [-0.05, 0) is 49.2 Å². The third-order valence-electron chi connectivity index (χ3n) is 4.88. The molecule has 33 heavy (non-hydrogen) atoms. The van der Waals surface area contributed by atoms with Gasteiger partial charge in [-0.25, -0.2) is 0 Å². The van der Waals surface area contributed by atoms with E-state index in [1.165, 1.54) is 11.8 Å². The Morgan fingerprint density at radius 2 is 1.79 bits per heavy atom. The molecule has 0 aromatic heterocycles. The number of anilines is 2. The van der Waals surface area contributed by atoms with Gasteiger partial charge in [0.05, 0.1) is 17.4 Å². The number of hydrogen-bond donors (Lipinski definition) is 1. The summed E-state index contributed by atoms with van der Waals surface area (Å²) in [5.41, 5.74) is 4.75. The second-order valence-electron chi connectivity index (χ2n) is 7.27. The molecule has 6 heteroatoms. The standard InChI is InChI=1S/C27H26ClNO3S/c1-3-32-26(30)18-33-16-8-11-20-10-5-7-13-25(20)29-21-14-15-23(24(28)17-21)27(31)22-12-6-4-9-19(22)2/h4-15,17,29H,3,16,18H2,1-2H3/b11-8+. The lowest BCUT2D eigenvalue weighted by molar-refractivity contribution is -0.139. The minimum Gasteiger partial charge on any atom is -0.465 e. The minimum absolute atomic E-state index is 0.0895. The van der Waals surface area contributed by atoms with Crippen molar-refractivity contribution >= 4 is 52.6 Å². The highest BCUT2D eigenvalue weighted by Crippen LogP contribution is 2.28. The number of ether oxygens (including phenoxy) is 1. The number of esters is 1. The Morgan fingerprint density at radius 1 is 1.03 bits per heavy atom. The molecule has 0 saturated heterocycles. The molecule has 3 aromatic carbocycles. The molecule has 0 radical (unpaired) electrons. The molecule has 0 aliphatic rings. The van der Waals surface area contributed by atoms with E-state index in [1.807, 2.05) is 73.7 Å². The van der Waals surface area contributed by atoms with Gasteiger partial charge < -0.3 is 10.1 Å². The molecule has 0 spiro atoms. The fourth-order valence-corrected chi connectivity index (χ4v) is 4.12. The number of aryl methyl sites for hydroxylation is 1. The molecular weight excluding hydrogens is 454 g/mol. The van der Waals surface area contributed by atoms with Gasteiger partial charge in [0.15, 0.2) is 5.78 Å². The van der Waals surface area contributed by atoms with E-state index in [2.05, 4.69) is 5.32 Å². The largest absolute Gasteiger partial charge is 0.465 e. The number of nitrogens with one attached hydrogen (secondary N) is 1. The number of para-hydroxylation sites is 1. The maximum Gasteiger partial charge on any atom is 0.315 e. The van der Waals surface area contributed by atoms with Crippen LogP contribution in [-0.2, 0) is 9.53 Å². The zero-order chi connectivity index (χ0) is 23.6. The lowest BCUT2D eigenvalue weighted by Gasteiger charge is -2.12. The minimum atomic E-state index is -0.195. The zero-order valence-corrected chi connectivity index (χ0v) is 20.2. The first-order valence-corrected chi connectivity index (χ1v) is 12.2. The van der Waals surface area contributed by atoms with Gasteiger partial charge in [0, 0.05) is 28.3 Å². The molecule has 0 aliphatic heterocycles. The molecule has 1 N–H and O–H groups in total. The Balaban J connectivity index is 1.68. The Kier molecular flexibility index (Phi) is 9.16. The molecule has 0 bridgehead atoms. The number of carbonyl (C=O) groups is 2. The summed E-state index contributed by atoms with van der Waals surface area (Å²) < 4.78 is 4.93. The zero-order valence-electron chi connectivity index (χ0n) is 18.6. The Labute approximate surface area is 204 Å². The van der Waals surface area contributed by atoms with Crippen molar-refractivity contribution in [1.29, 1.82) is 0 Å². The molecule has 0 atom stereocenters. The molecule has 3 rings (SSSR count). The van der Waals surface area contributed by atoms with E-state index in [0.29, 0.717) is 34.3 Å². The summed E-state index contributed by atoms with van der Waals surface area (Å²) in [5, 5.41) is 3.78. The quantitative estimate of drug-likeness (QED) is 0.194. The van der Waals surface area contributed by atoms with Gasteiger partial charge >= 0.3 is 5.97 Å². The van der Waals surface area contributed by atoms with Crippen LogP contribution in [0.1, 0.15) is 34.0 Å². The number of rotatable bonds is 10. The molecule has 4 nitrogen and oxygen atoms in total. The van der Waals surface area contributed by atoms with Gasteiger partial charge in [0.25, 0.3) is 0 Å². The lowest BCUT2D eigenvalue weighted by atomic mass is 9.99. The van der Waals surface area contributed by atoms with Crippen LogP contribution in [0.3, 0.4) is 0 Å². The number of ketones is 1. The van der Waals surface area contributed by atoms with Crippen LogP contribution in [0.5, 0.6) is 0 Å². The second kappa shape index (κ2) is 12.3. The van der Waals surface area contributed by atoms with Crippen molar-refractivity contribution in [2.75, 3.05) is 23.4 Å². The van der Waals surface area contributed by atoms with Gasteiger partial charge in [0.1, 0.15) is 0 Å². The van der Waals surface area contributed by atoms with Crippen molar-refractivity contribution in [2.24, 2.45) is 0 Å². The SMILES string of the molecule is CCOC(=O)CSC/C=C/c1ccccc1Nc1ccc(C(=O)c2ccccc2C)c(Cl)c1. The van der Waals surface area contributed by atoms with Crippen LogP contribution in [0.15, 0.2) is 72.8 Å². The molecule has 3 aromatic rings. The summed E-state index contributed by atoms with van der Waals surface area (Å²) >= 11 is 7.99. The van der Waals surface area contributed by atoms with E-state index < -0.39 is 0 Å². The average molecular weight is 480 g/mol. The second-order valence-corrected chi connectivity index (χ2v) is 8.71. The van der Waals surface area contributed by atoms with Gasteiger partial charge in [0.2, 0.25) is 0 Å². The summed E-state index contributed by atoms with van der Waals surface area (Å²) in [5.74, 6) is 0.756. The topological polar surface area (TPSA) is 55.4 Å². The number of benzene rings is 3. The van der Waals surface area contributed by atoms with E-state index in [-0.39, 0.29) is 11.8 Å². The summed E-state index contributed by atoms with van der Waals surface area (Å²) in [6.07, 6.45) is 4.03. The normalized spacial score (nSPS) is 10.9. The Morgan fingerprint density at radius 3 is 2.55 bits per heavy atom. The lowest BCUT2D eigenvalue weighted by Crippen LogP contribution is -2.06. The average Bonchev–Trinajstić information content (AvgIpc) is 2.80. The van der Waals surface area contributed by atoms with Crippen LogP contribution in [0.25, 0.3) is 6.08 Å². The molecule has 0 amide bonds. The molecule has 0 aliphatic carbocycles. The Hall–Kier alpha value is -3.02. The molecule has 0 saturated carbocycles. The van der Waals surface area contributed by atoms with E-state index in [0.717, 1.165) is 22.5 Å². The van der Waals surface area contributed by atoms with Crippen LogP contribution in [0.4, 0.5) is 11.4 Å². The first-order valence-electron chi connectivity index (χ1n) is 10.7. The highest BCUT2D eigenvalue weighted by molar-refractivity contribution is 8.00. The Bertz CT molecular complexity index is 1160. The van der Waals surface area contributed by atoms with Crippen molar-refractivity contribution in [3.05, 3.63) is 100 Å². The smallest absolute Gasteiger partial charge is 0.315 e. The maximum absolute atomic E-state index is 12.9. The molecule has 0 unspecified atom stereocenters. The van der Waals surface area contributed by atoms with Gasteiger partial charge in [-0.15, -0.1) is 11.8 Å². The van der Waals surface area contributed by atoms with E-state index in [9.17, 15) is 9.59 Å². The fraction of sp³-hybridized carbons (Fsp3) is 0.185. The van der Waals surface area contributed by atoms with Crippen molar-refractivity contribution < 1.29 is 14.3 Å².